The molecule has 0 bridgehead atoms. The Morgan fingerprint density at radius 3 is 2.65 bits per heavy atom. The summed E-state index contributed by atoms with van der Waals surface area (Å²) in [5.74, 6) is -0.754. The molecule has 3 rings (SSSR count). The Kier molecular flexibility index (Phi) is 5.39. The molecule has 0 saturated heterocycles. The maximum Gasteiger partial charge on any atom is 0.123 e. The number of aliphatic hydroxyl groups is 1. The standard InChI is InChI=1S/C18H17FN6O/c19-13-6-5-12-7-11-3-1-2-4-15(11)17(9-14(26)10-22-24-20)18(23-25-21)16(12)8-13/h1-6,8,14,17-18,26H,7,9-10H2/t14-,17+,18+/m0/s1. The van der Waals surface area contributed by atoms with Crippen molar-refractivity contribution in [2.75, 3.05) is 6.54 Å². The number of hydrogen-bond donors (Lipinski definition) is 1. The van der Waals surface area contributed by atoms with Crippen molar-refractivity contribution in [2.24, 2.45) is 10.2 Å². The van der Waals surface area contributed by atoms with Crippen LogP contribution in [0.25, 0.3) is 20.9 Å². The van der Waals surface area contributed by atoms with Gasteiger partial charge in [-0.05, 0) is 64.2 Å². The van der Waals surface area contributed by atoms with Crippen LogP contribution >= 0.6 is 0 Å². The van der Waals surface area contributed by atoms with Gasteiger partial charge in [0.25, 0.3) is 0 Å². The van der Waals surface area contributed by atoms with Crippen molar-refractivity contribution in [3.05, 3.63) is 91.4 Å². The number of hydrogen-bond acceptors (Lipinski definition) is 3. The average molecular weight is 352 g/mol. The van der Waals surface area contributed by atoms with Gasteiger partial charge >= 0.3 is 0 Å². The van der Waals surface area contributed by atoms with Crippen LogP contribution in [-0.4, -0.2) is 17.8 Å². The van der Waals surface area contributed by atoms with Crippen LogP contribution in [0.5, 0.6) is 0 Å². The highest BCUT2D eigenvalue weighted by molar-refractivity contribution is 5.45. The summed E-state index contributed by atoms with van der Waals surface area (Å²) in [6, 6.07) is 11.6. The van der Waals surface area contributed by atoms with Gasteiger partial charge in [0.2, 0.25) is 0 Å². The van der Waals surface area contributed by atoms with Crippen molar-refractivity contribution in [1.82, 2.24) is 0 Å². The molecule has 132 valence electrons. The fourth-order valence-electron chi connectivity index (χ4n) is 3.60. The molecule has 1 aliphatic rings. The first-order valence-electron chi connectivity index (χ1n) is 8.23. The lowest BCUT2D eigenvalue weighted by Gasteiger charge is -2.26. The van der Waals surface area contributed by atoms with E-state index in [0.29, 0.717) is 12.0 Å². The second-order valence-electron chi connectivity index (χ2n) is 6.28. The van der Waals surface area contributed by atoms with Gasteiger partial charge in [-0.3, -0.25) is 0 Å². The second-order valence-corrected chi connectivity index (χ2v) is 6.28. The van der Waals surface area contributed by atoms with Crippen molar-refractivity contribution < 1.29 is 9.50 Å². The van der Waals surface area contributed by atoms with E-state index in [4.69, 9.17) is 11.1 Å². The van der Waals surface area contributed by atoms with E-state index in [2.05, 4.69) is 20.1 Å². The van der Waals surface area contributed by atoms with Crippen molar-refractivity contribution in [3.63, 3.8) is 0 Å². The van der Waals surface area contributed by atoms with E-state index >= 15 is 0 Å². The maximum absolute atomic E-state index is 13.9. The number of rotatable bonds is 5. The largest absolute Gasteiger partial charge is 0.393 e. The number of halogens is 1. The van der Waals surface area contributed by atoms with Gasteiger partial charge in [-0.1, -0.05) is 40.6 Å². The Morgan fingerprint density at radius 2 is 1.88 bits per heavy atom. The first kappa shape index (κ1) is 17.8. The van der Waals surface area contributed by atoms with Crippen molar-refractivity contribution >= 4 is 0 Å². The van der Waals surface area contributed by atoms with Crippen LogP contribution in [-0.2, 0) is 6.42 Å². The molecule has 0 amide bonds. The molecule has 8 heteroatoms. The average Bonchev–Trinajstić information content (AvgIpc) is 2.76. The van der Waals surface area contributed by atoms with Gasteiger partial charge in [0.05, 0.1) is 18.7 Å². The van der Waals surface area contributed by atoms with Gasteiger partial charge < -0.3 is 5.11 Å². The smallest absolute Gasteiger partial charge is 0.123 e. The molecule has 0 heterocycles. The van der Waals surface area contributed by atoms with Gasteiger partial charge in [-0.2, -0.15) is 0 Å². The predicted octanol–water partition coefficient (Wildman–Crippen LogP) is 4.93. The third kappa shape index (κ3) is 3.63. The third-order valence-electron chi connectivity index (χ3n) is 4.70. The lowest BCUT2D eigenvalue weighted by atomic mass is 9.83. The van der Waals surface area contributed by atoms with Gasteiger partial charge in [0.1, 0.15) is 5.82 Å². The molecule has 0 saturated carbocycles. The van der Waals surface area contributed by atoms with E-state index in [-0.39, 0.29) is 18.9 Å². The van der Waals surface area contributed by atoms with E-state index in [1.54, 1.807) is 6.07 Å². The quantitative estimate of drug-likeness (QED) is 0.458. The molecule has 2 aromatic carbocycles. The second kappa shape index (κ2) is 7.89. The molecule has 7 nitrogen and oxygen atoms in total. The van der Waals surface area contributed by atoms with Gasteiger partial charge in [0.15, 0.2) is 0 Å². The monoisotopic (exact) mass is 352 g/mol. The molecule has 0 spiro atoms. The molecule has 1 aliphatic carbocycles. The number of benzene rings is 2. The highest BCUT2D eigenvalue weighted by atomic mass is 19.1. The molecule has 1 N–H and O–H groups in total. The molecule has 0 unspecified atom stereocenters. The van der Waals surface area contributed by atoms with Gasteiger partial charge in [0, 0.05) is 9.82 Å². The van der Waals surface area contributed by atoms with Crippen LogP contribution in [0.1, 0.15) is 40.6 Å². The topological polar surface area (TPSA) is 118 Å². The summed E-state index contributed by atoms with van der Waals surface area (Å²) in [5.41, 5.74) is 21.0. The van der Waals surface area contributed by atoms with E-state index in [1.807, 2.05) is 24.3 Å². The minimum atomic E-state index is -0.893. The van der Waals surface area contributed by atoms with Crippen molar-refractivity contribution in [3.8, 4) is 0 Å². The van der Waals surface area contributed by atoms with E-state index < -0.39 is 18.0 Å². The van der Waals surface area contributed by atoms with Crippen LogP contribution in [0.2, 0.25) is 0 Å². The summed E-state index contributed by atoms with van der Waals surface area (Å²) in [6.07, 6.45) is -0.0718. The molecule has 0 fully saturated rings. The highest BCUT2D eigenvalue weighted by Gasteiger charge is 2.32. The summed E-state index contributed by atoms with van der Waals surface area (Å²) in [5, 5.41) is 17.6. The van der Waals surface area contributed by atoms with Crippen LogP contribution in [0.3, 0.4) is 0 Å². The fourth-order valence-corrected chi connectivity index (χ4v) is 3.60. The van der Waals surface area contributed by atoms with Crippen molar-refractivity contribution in [1.29, 1.82) is 0 Å². The van der Waals surface area contributed by atoms with E-state index in [9.17, 15) is 9.50 Å². The molecule has 26 heavy (non-hydrogen) atoms. The van der Waals surface area contributed by atoms with E-state index in [0.717, 1.165) is 16.7 Å². The summed E-state index contributed by atoms with van der Waals surface area (Å²) in [4.78, 5) is 5.63. The zero-order chi connectivity index (χ0) is 18.5. The highest BCUT2D eigenvalue weighted by Crippen LogP contribution is 2.44. The van der Waals surface area contributed by atoms with Crippen molar-refractivity contribution in [2.45, 2.75) is 30.9 Å². The molecule has 3 atom stereocenters. The Morgan fingerprint density at radius 1 is 1.12 bits per heavy atom. The normalized spacial score (nSPS) is 19.2. The fraction of sp³-hybridized carbons (Fsp3) is 0.333. The minimum Gasteiger partial charge on any atom is -0.393 e. The molecule has 0 radical (unpaired) electrons. The molecule has 0 aliphatic heterocycles. The number of aliphatic hydroxyl groups excluding tert-OH is 1. The molecule has 2 aromatic rings. The van der Waals surface area contributed by atoms with Crippen LogP contribution in [0, 0.1) is 5.82 Å². The first-order chi connectivity index (χ1) is 12.6. The van der Waals surface area contributed by atoms with Crippen LogP contribution < -0.4 is 0 Å². The first-order valence-corrected chi connectivity index (χ1v) is 8.23. The summed E-state index contributed by atoms with van der Waals surface area (Å²) in [6.45, 7) is -0.0752. The summed E-state index contributed by atoms with van der Waals surface area (Å²) >= 11 is 0. The summed E-state index contributed by atoms with van der Waals surface area (Å²) in [7, 11) is 0. The zero-order valence-corrected chi connectivity index (χ0v) is 13.9. The predicted molar refractivity (Wildman–Crippen MR) is 94.9 cm³/mol. The Bertz CT molecular complexity index is 904. The lowest BCUT2D eigenvalue weighted by molar-refractivity contribution is 0.158. The SMILES string of the molecule is [N-]=[N+]=NC[C@@H](O)C[C@@H]1c2ccccc2Cc2ccc(F)cc2[C@H]1N=[N+]=[N-]. The van der Waals surface area contributed by atoms with Crippen LogP contribution in [0.4, 0.5) is 4.39 Å². The Balaban J connectivity index is 2.13. The van der Waals surface area contributed by atoms with E-state index in [1.165, 1.54) is 12.1 Å². The third-order valence-corrected chi connectivity index (χ3v) is 4.70. The molecule has 0 aromatic heterocycles. The number of fused-ring (bicyclic) bond motifs is 2. The molecular formula is C18H17FN6O. The Labute approximate surface area is 149 Å². The summed E-state index contributed by atoms with van der Waals surface area (Å²) < 4.78 is 13.9. The maximum atomic E-state index is 13.9. The number of azide groups is 2. The number of nitrogens with zero attached hydrogens (tertiary/aromatic N) is 6. The minimum absolute atomic E-state index is 0.0752. The molecular weight excluding hydrogens is 335 g/mol. The zero-order valence-electron chi connectivity index (χ0n) is 13.9. The van der Waals surface area contributed by atoms with Crippen LogP contribution in [0.15, 0.2) is 52.7 Å². The van der Waals surface area contributed by atoms with Gasteiger partial charge in [-0.15, -0.1) is 0 Å². The lowest BCUT2D eigenvalue weighted by Crippen LogP contribution is -2.19. The Hall–Kier alpha value is -3.05. The van der Waals surface area contributed by atoms with Gasteiger partial charge in [-0.25, -0.2) is 4.39 Å².